The van der Waals surface area contributed by atoms with Crippen LogP contribution in [0.1, 0.15) is 105 Å². The zero-order valence-electron chi connectivity index (χ0n) is 42.3. The Morgan fingerprint density at radius 1 is 0.875 bits per heavy atom. The van der Waals surface area contributed by atoms with Crippen LogP contribution < -0.4 is 29.6 Å². The zero-order chi connectivity index (χ0) is 52.2. The molecule has 0 radical (unpaired) electrons. The van der Waals surface area contributed by atoms with Crippen LogP contribution in [0.4, 0.5) is 18.4 Å². The normalized spacial score (nSPS) is 23.4. The lowest BCUT2D eigenvalue weighted by molar-refractivity contribution is -0.199. The first-order chi connectivity index (χ1) is 34.0. The molecule has 6 atom stereocenters. The molecule has 6 aliphatic rings. The number of methoxy groups -OCH3 is 4. The lowest BCUT2D eigenvalue weighted by Crippen LogP contribution is -2.65. The summed E-state index contributed by atoms with van der Waals surface area (Å²) in [7, 11) is 4.11. The molecule has 9 rings (SSSR count). The van der Waals surface area contributed by atoms with E-state index in [1.165, 1.54) is 34.5 Å². The summed E-state index contributed by atoms with van der Waals surface area (Å²) in [5.74, 6) is -4.79. The number of ether oxygens (including phenoxy) is 5. The van der Waals surface area contributed by atoms with Gasteiger partial charge in [0.15, 0.2) is 17.3 Å². The van der Waals surface area contributed by atoms with E-state index in [4.69, 9.17) is 44.6 Å². The van der Waals surface area contributed by atoms with Crippen molar-refractivity contribution in [2.75, 3.05) is 54.6 Å². The molecule has 0 spiro atoms. The highest BCUT2D eigenvalue weighted by atomic mass is 35.5. The van der Waals surface area contributed by atoms with Crippen LogP contribution in [0, 0.1) is 28.9 Å². The summed E-state index contributed by atoms with van der Waals surface area (Å²) < 4.78 is 72.4. The molecule has 6 fully saturated rings. The molecule has 3 heterocycles. The van der Waals surface area contributed by atoms with Crippen LogP contribution in [0.3, 0.4) is 0 Å². The van der Waals surface area contributed by atoms with Gasteiger partial charge >= 0.3 is 25.1 Å². The van der Waals surface area contributed by atoms with E-state index in [-0.39, 0.29) is 82.3 Å². The molecule has 0 aromatic heterocycles. The number of esters is 1. The average Bonchev–Trinajstić information content (AvgIpc) is 3.92. The number of imide groups is 1. The second-order valence-electron chi connectivity index (χ2n) is 20.9. The zero-order valence-corrected chi connectivity index (χ0v) is 43.1. The number of benzene rings is 3. The predicted octanol–water partition coefficient (Wildman–Crippen LogP) is 7.40. The van der Waals surface area contributed by atoms with Gasteiger partial charge in [0.1, 0.15) is 34.5 Å². The van der Waals surface area contributed by atoms with Gasteiger partial charge in [0, 0.05) is 43.3 Å². The maximum absolute atomic E-state index is 16.0. The number of nitrogens with one attached hydrogen (secondary N) is 2. The number of nitrogens with zero attached hydrogens (tertiary/aromatic N) is 3. The first-order valence-corrected chi connectivity index (χ1v) is 24.6. The highest BCUT2D eigenvalue weighted by molar-refractivity contribution is 6.48. The molecule has 3 aromatic carbocycles. The van der Waals surface area contributed by atoms with Gasteiger partial charge < -0.3 is 53.4 Å². The van der Waals surface area contributed by atoms with Gasteiger partial charge in [-0.2, -0.15) is 0 Å². The Hall–Kier alpha value is -5.86. The molecular weight excluding hydrogens is 959 g/mol. The van der Waals surface area contributed by atoms with Crippen LogP contribution in [-0.2, 0) is 25.3 Å². The number of piperidine rings is 1. The minimum atomic E-state index is -1.80. The fraction of sp³-hybridized carbons (Fsp3) is 0.549. The number of hydrogen-bond acceptors (Lipinski definition) is 12. The smallest absolute Gasteiger partial charge is 0.482 e. The number of rotatable bonds is 14. The van der Waals surface area contributed by atoms with Gasteiger partial charge in [0.05, 0.1) is 51.1 Å². The van der Waals surface area contributed by atoms with Gasteiger partial charge in [0.2, 0.25) is 5.91 Å². The van der Waals surface area contributed by atoms with Crippen molar-refractivity contribution < 1.29 is 65.7 Å². The van der Waals surface area contributed by atoms with Gasteiger partial charge in [-0.15, -0.1) is 0 Å². The largest absolute Gasteiger partial charge is 0.497 e. The summed E-state index contributed by atoms with van der Waals surface area (Å²) in [6.45, 7) is 12.2. The Bertz CT molecular complexity index is 2630. The third-order valence-corrected chi connectivity index (χ3v) is 15.7. The molecule has 17 nitrogen and oxygen atoms in total. The summed E-state index contributed by atoms with van der Waals surface area (Å²) in [4.78, 5) is 74.9. The van der Waals surface area contributed by atoms with E-state index in [2.05, 4.69) is 24.5 Å². The molecule has 3 aliphatic carbocycles. The quantitative estimate of drug-likeness (QED) is 0.121. The van der Waals surface area contributed by atoms with Crippen LogP contribution in [0.2, 0.25) is 5.02 Å². The SMILES string of the molecule is COc1cccc(C(=O)N2CCC(N3CCN(C(=O)NC(C(=O)NC(Cc4ccc(F)c(C(=O)OC(C)(C)C)c4OC)B4O[C@@H]5C[C@@H]6C[C@@H](C6(C)C)[C@]5(C)O4)c4cc(F)c(OC)c(OC)c4Cl)C3=O)CC2)c1. The minimum Gasteiger partial charge on any atom is -0.497 e. The maximum Gasteiger partial charge on any atom is 0.482 e. The maximum atomic E-state index is 16.0. The van der Waals surface area contributed by atoms with E-state index in [1.807, 2.05) is 6.92 Å². The second kappa shape index (κ2) is 20.2. The van der Waals surface area contributed by atoms with Crippen molar-refractivity contribution in [3.8, 4) is 23.0 Å². The molecule has 3 saturated heterocycles. The van der Waals surface area contributed by atoms with Crippen molar-refractivity contribution in [1.29, 1.82) is 0 Å². The molecule has 388 valence electrons. The number of likely N-dealkylation sites (tertiary alicyclic amines) is 1. The number of amides is 6. The fourth-order valence-corrected chi connectivity index (χ4v) is 11.7. The molecular formula is C51H63BClF2N5O12. The molecule has 6 amide bonds. The summed E-state index contributed by atoms with van der Waals surface area (Å²) in [6.07, 6.45) is 1.99. The van der Waals surface area contributed by atoms with Gasteiger partial charge in [-0.1, -0.05) is 37.6 Å². The van der Waals surface area contributed by atoms with Crippen molar-refractivity contribution in [2.45, 2.75) is 109 Å². The summed E-state index contributed by atoms with van der Waals surface area (Å²) in [6, 6.07) is 6.63. The lowest BCUT2D eigenvalue weighted by Gasteiger charge is -2.64. The fourth-order valence-electron chi connectivity index (χ4n) is 11.4. The molecule has 72 heavy (non-hydrogen) atoms. The van der Waals surface area contributed by atoms with Gasteiger partial charge in [-0.05, 0) is 113 Å². The molecule has 2 bridgehead atoms. The number of hydrogen-bond donors (Lipinski definition) is 2. The second-order valence-corrected chi connectivity index (χ2v) is 21.2. The van der Waals surface area contributed by atoms with Crippen LogP contribution in [0.5, 0.6) is 23.0 Å². The number of carbonyl (C=O) groups excluding carboxylic acids is 5. The third kappa shape index (κ3) is 9.73. The average molecular weight is 1020 g/mol. The van der Waals surface area contributed by atoms with E-state index in [0.29, 0.717) is 49.6 Å². The Kier molecular flexibility index (Phi) is 14.7. The molecule has 2 N–H and O–H groups in total. The standard InChI is InChI=1S/C51H63BClF2N5O12/c1-49(2,3)70-46(63)38-33(54)15-14-27(41(38)67-8)23-37(52-71-36-25-29-24-35(50(29,4)5)51(36,6)72-52)56-44(61)40(32-26-34(55)42(68-9)43(69-10)39(32)53)57-47(64)60-21-20-59(48(60)65)30-16-18-58(19-17-30)45(62)28-12-11-13-31(22-28)66-7/h11-15,22,26,29-30,35-37,40H,16-21,23-25H2,1-10H3,(H,56,61)(H,57,64)/t29-,35-,36+,37?,40?,51-/m0/s1. The summed E-state index contributed by atoms with van der Waals surface area (Å²) in [5.41, 5.74) is -1.75. The van der Waals surface area contributed by atoms with Crippen molar-refractivity contribution in [2.24, 2.45) is 17.3 Å². The molecule has 2 unspecified atom stereocenters. The van der Waals surface area contributed by atoms with Gasteiger partial charge in [-0.25, -0.2) is 28.1 Å². The van der Waals surface area contributed by atoms with E-state index < -0.39 is 71.4 Å². The lowest BCUT2D eigenvalue weighted by atomic mass is 9.43. The Labute approximate surface area is 423 Å². The Balaban J connectivity index is 1.09. The molecule has 3 aromatic rings. The number of carbonyl (C=O) groups is 5. The van der Waals surface area contributed by atoms with Crippen molar-refractivity contribution >= 4 is 48.6 Å². The summed E-state index contributed by atoms with van der Waals surface area (Å²) >= 11 is 6.91. The first kappa shape index (κ1) is 52.5. The number of urea groups is 2. The predicted molar refractivity (Wildman–Crippen MR) is 260 cm³/mol. The number of halogens is 3. The van der Waals surface area contributed by atoms with Gasteiger partial charge in [-0.3, -0.25) is 9.59 Å². The molecule has 3 saturated carbocycles. The van der Waals surface area contributed by atoms with Crippen LogP contribution in [-0.4, -0.2) is 136 Å². The highest BCUT2D eigenvalue weighted by Crippen LogP contribution is 2.66. The van der Waals surface area contributed by atoms with Gasteiger partial charge in [0.25, 0.3) is 5.91 Å². The first-order valence-electron chi connectivity index (χ1n) is 24.2. The van der Waals surface area contributed by atoms with Crippen molar-refractivity contribution in [3.05, 3.63) is 81.4 Å². The topological polar surface area (TPSA) is 184 Å². The van der Waals surface area contributed by atoms with E-state index in [9.17, 15) is 19.2 Å². The molecule has 21 heteroatoms. The van der Waals surface area contributed by atoms with Crippen molar-refractivity contribution in [1.82, 2.24) is 25.3 Å². The van der Waals surface area contributed by atoms with Crippen LogP contribution in [0.15, 0.2) is 42.5 Å². The van der Waals surface area contributed by atoms with Crippen LogP contribution >= 0.6 is 11.6 Å². The Morgan fingerprint density at radius 3 is 2.21 bits per heavy atom. The van der Waals surface area contributed by atoms with Crippen LogP contribution in [0.25, 0.3) is 0 Å². The van der Waals surface area contributed by atoms with E-state index in [1.54, 1.807) is 54.8 Å². The summed E-state index contributed by atoms with van der Waals surface area (Å²) in [5, 5.41) is 5.35. The van der Waals surface area contributed by atoms with Crippen molar-refractivity contribution in [3.63, 3.8) is 0 Å². The monoisotopic (exact) mass is 1020 g/mol. The minimum absolute atomic E-state index is 0.0504. The third-order valence-electron chi connectivity index (χ3n) is 15.3. The molecule has 3 aliphatic heterocycles. The van der Waals surface area contributed by atoms with E-state index in [0.717, 1.165) is 23.5 Å². The van der Waals surface area contributed by atoms with E-state index >= 15 is 13.6 Å². The Morgan fingerprint density at radius 2 is 1.57 bits per heavy atom. The highest BCUT2D eigenvalue weighted by Gasteiger charge is 2.68.